The lowest BCUT2D eigenvalue weighted by Crippen LogP contribution is -2.33. The number of aliphatic hydroxyl groups is 1. The highest BCUT2D eigenvalue weighted by Gasteiger charge is 2.30. The molecule has 94 valence electrons. The van der Waals surface area contributed by atoms with Crippen LogP contribution in [0.5, 0.6) is 0 Å². The topological polar surface area (TPSA) is 32.3 Å². The van der Waals surface area contributed by atoms with Crippen LogP contribution in [0.25, 0.3) is 0 Å². The first-order valence-electron chi connectivity index (χ1n) is 6.23. The van der Waals surface area contributed by atoms with Crippen molar-refractivity contribution in [1.29, 1.82) is 0 Å². The molecule has 0 aromatic heterocycles. The molecule has 1 aliphatic rings. The predicted octanol–water partition coefficient (Wildman–Crippen LogP) is 3.78. The third kappa shape index (κ3) is 3.02. The summed E-state index contributed by atoms with van der Waals surface area (Å²) in [6.07, 6.45) is 4.15. The minimum absolute atomic E-state index is 0.491. The van der Waals surface area contributed by atoms with E-state index in [9.17, 15) is 5.11 Å². The first kappa shape index (κ1) is 12.9. The Morgan fingerprint density at radius 3 is 2.29 bits per heavy atom. The van der Waals surface area contributed by atoms with Gasteiger partial charge in [-0.25, -0.2) is 0 Å². The zero-order valence-corrected chi connectivity index (χ0v) is 12.1. The summed E-state index contributed by atoms with van der Waals surface area (Å²) in [4.78, 5) is 0. The van der Waals surface area contributed by atoms with Crippen LogP contribution in [-0.2, 0) is 0 Å². The van der Waals surface area contributed by atoms with E-state index in [1.165, 1.54) is 15.6 Å². The number of hydrogen-bond acceptors (Lipinski definition) is 2. The van der Waals surface area contributed by atoms with Crippen LogP contribution in [0.4, 0.5) is 5.69 Å². The van der Waals surface area contributed by atoms with E-state index in [0.717, 1.165) is 31.4 Å². The van der Waals surface area contributed by atoms with Gasteiger partial charge in [-0.15, -0.1) is 0 Å². The number of nitrogens with one attached hydrogen (secondary N) is 1. The second-order valence-electron chi connectivity index (χ2n) is 5.21. The lowest BCUT2D eigenvalue weighted by molar-refractivity contribution is 0.0615. The summed E-state index contributed by atoms with van der Waals surface area (Å²) >= 11 is 3.56. The first-order chi connectivity index (χ1) is 8.00. The van der Waals surface area contributed by atoms with Gasteiger partial charge in [0.25, 0.3) is 0 Å². The van der Waals surface area contributed by atoms with Crippen molar-refractivity contribution < 1.29 is 5.11 Å². The van der Waals surface area contributed by atoms with Gasteiger partial charge < -0.3 is 10.4 Å². The second kappa shape index (κ2) is 4.99. The molecule has 1 fully saturated rings. The van der Waals surface area contributed by atoms with Crippen molar-refractivity contribution in [2.75, 3.05) is 11.9 Å². The molecule has 0 radical (unpaired) electrons. The molecule has 2 N–H and O–H groups in total. The van der Waals surface area contributed by atoms with E-state index in [2.05, 4.69) is 47.2 Å². The van der Waals surface area contributed by atoms with Gasteiger partial charge in [0.1, 0.15) is 0 Å². The molecular formula is C14H20BrNO. The lowest BCUT2D eigenvalue weighted by Gasteiger charge is -2.23. The highest BCUT2D eigenvalue weighted by atomic mass is 79.9. The molecule has 0 amide bonds. The Morgan fingerprint density at radius 2 is 1.76 bits per heavy atom. The van der Waals surface area contributed by atoms with Gasteiger partial charge in [0, 0.05) is 16.7 Å². The Hall–Kier alpha value is -0.540. The van der Waals surface area contributed by atoms with E-state index in [0.29, 0.717) is 6.54 Å². The SMILES string of the molecule is Cc1cc(NCC2(O)CCCC2)cc(C)c1Br. The van der Waals surface area contributed by atoms with Crippen LogP contribution in [0.3, 0.4) is 0 Å². The fourth-order valence-electron chi connectivity index (χ4n) is 2.52. The largest absolute Gasteiger partial charge is 0.388 e. The molecule has 1 aromatic rings. The maximum absolute atomic E-state index is 10.3. The molecule has 2 nitrogen and oxygen atoms in total. The van der Waals surface area contributed by atoms with Crippen molar-refractivity contribution in [3.05, 3.63) is 27.7 Å². The summed E-state index contributed by atoms with van der Waals surface area (Å²) < 4.78 is 1.17. The first-order valence-corrected chi connectivity index (χ1v) is 7.02. The molecule has 0 aliphatic heterocycles. The molecule has 0 unspecified atom stereocenters. The number of rotatable bonds is 3. The number of halogens is 1. The Kier molecular flexibility index (Phi) is 3.79. The van der Waals surface area contributed by atoms with Gasteiger partial charge >= 0.3 is 0 Å². The standard InChI is InChI=1S/C14H20BrNO/c1-10-7-12(8-11(2)13(10)15)16-9-14(17)5-3-4-6-14/h7-8,16-17H,3-6,9H2,1-2H3. The van der Waals surface area contributed by atoms with Gasteiger partial charge in [-0.05, 0) is 49.9 Å². The molecule has 1 aromatic carbocycles. The Morgan fingerprint density at radius 1 is 1.24 bits per heavy atom. The van der Waals surface area contributed by atoms with Gasteiger partial charge in [0.05, 0.1) is 5.60 Å². The van der Waals surface area contributed by atoms with Crippen molar-refractivity contribution >= 4 is 21.6 Å². The molecule has 0 saturated heterocycles. The van der Waals surface area contributed by atoms with Crippen LogP contribution in [-0.4, -0.2) is 17.3 Å². The van der Waals surface area contributed by atoms with E-state index >= 15 is 0 Å². The Balaban J connectivity index is 2.04. The third-order valence-corrected chi connectivity index (χ3v) is 4.84. The van der Waals surface area contributed by atoms with Crippen molar-refractivity contribution in [3.63, 3.8) is 0 Å². The highest BCUT2D eigenvalue weighted by molar-refractivity contribution is 9.10. The quantitative estimate of drug-likeness (QED) is 0.890. The summed E-state index contributed by atoms with van der Waals surface area (Å²) in [5.41, 5.74) is 3.06. The summed E-state index contributed by atoms with van der Waals surface area (Å²) in [6.45, 7) is 4.84. The number of aryl methyl sites for hydroxylation is 2. The number of hydrogen-bond donors (Lipinski definition) is 2. The molecule has 3 heteroatoms. The molecule has 1 saturated carbocycles. The van der Waals surface area contributed by atoms with Crippen LogP contribution in [0.1, 0.15) is 36.8 Å². The van der Waals surface area contributed by atoms with Crippen molar-refractivity contribution in [2.24, 2.45) is 0 Å². The van der Waals surface area contributed by atoms with Crippen molar-refractivity contribution in [2.45, 2.75) is 45.1 Å². The van der Waals surface area contributed by atoms with E-state index in [4.69, 9.17) is 0 Å². The fraction of sp³-hybridized carbons (Fsp3) is 0.571. The zero-order valence-electron chi connectivity index (χ0n) is 10.5. The molecule has 2 rings (SSSR count). The van der Waals surface area contributed by atoms with Gasteiger partial charge in [-0.3, -0.25) is 0 Å². The maximum Gasteiger partial charge on any atom is 0.0819 e. The average Bonchev–Trinajstić information content (AvgIpc) is 2.71. The van der Waals surface area contributed by atoms with E-state index in [1.54, 1.807) is 0 Å². The average molecular weight is 298 g/mol. The molecule has 0 bridgehead atoms. The Labute approximate surface area is 112 Å². The van der Waals surface area contributed by atoms with E-state index in [1.807, 2.05) is 0 Å². The monoisotopic (exact) mass is 297 g/mol. The molecule has 0 spiro atoms. The van der Waals surface area contributed by atoms with E-state index < -0.39 is 5.60 Å². The van der Waals surface area contributed by atoms with Crippen LogP contribution in [0.2, 0.25) is 0 Å². The van der Waals surface area contributed by atoms with E-state index in [-0.39, 0.29) is 0 Å². The molecule has 17 heavy (non-hydrogen) atoms. The minimum atomic E-state index is -0.491. The smallest absolute Gasteiger partial charge is 0.0819 e. The zero-order chi connectivity index (χ0) is 12.5. The summed E-state index contributed by atoms with van der Waals surface area (Å²) in [6, 6.07) is 4.24. The van der Waals surface area contributed by atoms with Crippen LogP contribution >= 0.6 is 15.9 Å². The lowest BCUT2D eigenvalue weighted by atomic mass is 10.0. The van der Waals surface area contributed by atoms with Crippen LogP contribution < -0.4 is 5.32 Å². The van der Waals surface area contributed by atoms with Crippen LogP contribution in [0, 0.1) is 13.8 Å². The molecule has 1 aliphatic carbocycles. The predicted molar refractivity (Wildman–Crippen MR) is 75.5 cm³/mol. The summed E-state index contributed by atoms with van der Waals surface area (Å²) in [7, 11) is 0. The van der Waals surface area contributed by atoms with Gasteiger partial charge in [0.2, 0.25) is 0 Å². The van der Waals surface area contributed by atoms with Gasteiger partial charge in [0.15, 0.2) is 0 Å². The number of benzene rings is 1. The molecule has 0 atom stereocenters. The van der Waals surface area contributed by atoms with Gasteiger partial charge in [-0.2, -0.15) is 0 Å². The third-order valence-electron chi connectivity index (χ3n) is 3.59. The highest BCUT2D eigenvalue weighted by Crippen LogP contribution is 2.30. The molecular weight excluding hydrogens is 278 g/mol. The summed E-state index contributed by atoms with van der Waals surface area (Å²) in [5, 5.41) is 13.6. The van der Waals surface area contributed by atoms with Gasteiger partial charge in [-0.1, -0.05) is 28.8 Å². The van der Waals surface area contributed by atoms with Crippen molar-refractivity contribution in [3.8, 4) is 0 Å². The van der Waals surface area contributed by atoms with Crippen molar-refractivity contribution in [1.82, 2.24) is 0 Å². The fourth-order valence-corrected chi connectivity index (χ4v) is 2.75. The minimum Gasteiger partial charge on any atom is -0.388 e. The Bertz CT molecular complexity index is 388. The maximum atomic E-state index is 10.3. The summed E-state index contributed by atoms with van der Waals surface area (Å²) in [5.74, 6) is 0. The van der Waals surface area contributed by atoms with Crippen LogP contribution in [0.15, 0.2) is 16.6 Å². The molecule has 0 heterocycles. The number of anilines is 1. The second-order valence-corrected chi connectivity index (χ2v) is 6.00. The normalized spacial score (nSPS) is 18.4.